The zero-order valence-corrected chi connectivity index (χ0v) is 14.1. The van der Waals surface area contributed by atoms with E-state index in [1.807, 2.05) is 11.8 Å². The van der Waals surface area contributed by atoms with Crippen molar-refractivity contribution in [3.63, 3.8) is 0 Å². The van der Waals surface area contributed by atoms with Crippen LogP contribution in [-0.2, 0) is 14.8 Å². The molecule has 2 heterocycles. The van der Waals surface area contributed by atoms with Crippen LogP contribution in [0.5, 0.6) is 0 Å². The van der Waals surface area contributed by atoms with E-state index in [1.165, 1.54) is 16.4 Å². The summed E-state index contributed by atoms with van der Waals surface area (Å²) in [5.74, 6) is -0.0220. The number of sulfonamides is 1. The molecule has 2 aliphatic rings. The molecule has 0 aromatic heterocycles. The van der Waals surface area contributed by atoms with Gasteiger partial charge in [0.2, 0.25) is 10.0 Å². The van der Waals surface area contributed by atoms with Crippen LogP contribution in [0.15, 0.2) is 29.2 Å². The molecule has 1 unspecified atom stereocenters. The summed E-state index contributed by atoms with van der Waals surface area (Å²) in [7, 11) is -3.54. The van der Waals surface area contributed by atoms with Crippen molar-refractivity contribution in [2.24, 2.45) is 0 Å². The number of ether oxygens (including phenoxy) is 1. The van der Waals surface area contributed by atoms with Gasteiger partial charge in [-0.3, -0.25) is 4.79 Å². The molecule has 6 nitrogen and oxygen atoms in total. The van der Waals surface area contributed by atoms with Crippen LogP contribution in [0.2, 0.25) is 0 Å². The molecule has 0 radical (unpaired) electrons. The first kappa shape index (κ1) is 16.4. The van der Waals surface area contributed by atoms with Crippen molar-refractivity contribution in [1.82, 2.24) is 9.21 Å². The maximum Gasteiger partial charge on any atom is 0.253 e. The third-order valence-electron chi connectivity index (χ3n) is 4.41. The Balaban J connectivity index is 1.79. The smallest absolute Gasteiger partial charge is 0.253 e. The molecule has 126 valence electrons. The highest BCUT2D eigenvalue weighted by molar-refractivity contribution is 7.89. The summed E-state index contributed by atoms with van der Waals surface area (Å²) in [6.45, 7) is 4.58. The first-order valence-corrected chi connectivity index (χ1v) is 9.43. The molecule has 1 atom stereocenters. The molecule has 0 saturated carbocycles. The molecule has 2 aliphatic heterocycles. The van der Waals surface area contributed by atoms with Crippen LogP contribution in [0.3, 0.4) is 0 Å². The molecule has 0 bridgehead atoms. The number of rotatable bonds is 3. The van der Waals surface area contributed by atoms with E-state index >= 15 is 0 Å². The molecule has 23 heavy (non-hydrogen) atoms. The first-order chi connectivity index (χ1) is 11.0. The molecule has 7 heteroatoms. The molecule has 0 spiro atoms. The number of likely N-dealkylation sites (tertiary alicyclic amines) is 1. The number of carbonyl (C=O) groups excluding carboxylic acids is 1. The predicted octanol–water partition coefficient (Wildman–Crippen LogP) is 1.33. The number of benzene rings is 1. The molecule has 1 amide bonds. The fraction of sp³-hybridized carbons (Fsp3) is 0.562. The molecule has 1 aromatic rings. The van der Waals surface area contributed by atoms with E-state index < -0.39 is 10.0 Å². The molecular formula is C16H22N2O4S. The maximum absolute atomic E-state index is 12.7. The van der Waals surface area contributed by atoms with E-state index in [2.05, 4.69) is 0 Å². The molecule has 1 aromatic carbocycles. The van der Waals surface area contributed by atoms with Gasteiger partial charge < -0.3 is 9.64 Å². The highest BCUT2D eigenvalue weighted by atomic mass is 32.2. The Morgan fingerprint density at radius 2 is 1.78 bits per heavy atom. The highest BCUT2D eigenvalue weighted by Gasteiger charge is 2.31. The van der Waals surface area contributed by atoms with Crippen molar-refractivity contribution in [3.8, 4) is 0 Å². The Kier molecular flexibility index (Phi) is 4.70. The topological polar surface area (TPSA) is 66.9 Å². The summed E-state index contributed by atoms with van der Waals surface area (Å²) in [5.41, 5.74) is 0.542. The molecule has 2 saturated heterocycles. The summed E-state index contributed by atoms with van der Waals surface area (Å²) >= 11 is 0. The van der Waals surface area contributed by atoms with Crippen molar-refractivity contribution >= 4 is 15.9 Å². The van der Waals surface area contributed by atoms with Crippen LogP contribution in [0.25, 0.3) is 0 Å². The number of amides is 1. The largest absolute Gasteiger partial charge is 0.378 e. The summed E-state index contributed by atoms with van der Waals surface area (Å²) in [6.07, 6.45) is 2.07. The quantitative estimate of drug-likeness (QED) is 0.834. The van der Waals surface area contributed by atoms with Crippen LogP contribution in [0.4, 0.5) is 0 Å². The molecule has 0 aliphatic carbocycles. The first-order valence-electron chi connectivity index (χ1n) is 7.99. The number of carbonyl (C=O) groups is 1. The van der Waals surface area contributed by atoms with E-state index in [0.717, 1.165) is 25.9 Å². The second-order valence-corrected chi connectivity index (χ2v) is 7.95. The molecule has 3 rings (SSSR count). The predicted molar refractivity (Wildman–Crippen MR) is 85.8 cm³/mol. The van der Waals surface area contributed by atoms with Crippen LogP contribution < -0.4 is 0 Å². The number of nitrogens with zero attached hydrogens (tertiary/aromatic N) is 2. The van der Waals surface area contributed by atoms with Gasteiger partial charge in [-0.25, -0.2) is 8.42 Å². The average molecular weight is 338 g/mol. The zero-order valence-electron chi connectivity index (χ0n) is 13.3. The minimum Gasteiger partial charge on any atom is -0.378 e. The lowest BCUT2D eigenvalue weighted by molar-refractivity contribution is 0.0393. The summed E-state index contributed by atoms with van der Waals surface area (Å²) in [6, 6.07) is 6.10. The van der Waals surface area contributed by atoms with Gasteiger partial charge in [0.1, 0.15) is 0 Å². The summed E-state index contributed by atoms with van der Waals surface area (Å²) < 4.78 is 32.2. The van der Waals surface area contributed by atoms with Crippen LogP contribution >= 0.6 is 0 Å². The summed E-state index contributed by atoms with van der Waals surface area (Å²) in [5, 5.41) is 0. The molecule has 0 N–H and O–H groups in total. The van der Waals surface area contributed by atoms with Gasteiger partial charge in [-0.05, 0) is 44.0 Å². The van der Waals surface area contributed by atoms with Crippen LogP contribution in [0, 0.1) is 0 Å². The van der Waals surface area contributed by atoms with Crippen LogP contribution in [0.1, 0.15) is 30.1 Å². The maximum atomic E-state index is 12.7. The Hall–Kier alpha value is -1.44. The van der Waals surface area contributed by atoms with Crippen molar-refractivity contribution < 1.29 is 17.9 Å². The zero-order chi connectivity index (χ0) is 16.4. The Labute approximate surface area is 137 Å². The fourth-order valence-corrected chi connectivity index (χ4v) is 4.68. The fourth-order valence-electron chi connectivity index (χ4n) is 3.08. The third-order valence-corrected chi connectivity index (χ3v) is 6.44. The average Bonchev–Trinajstić information content (AvgIpc) is 3.09. The van der Waals surface area contributed by atoms with E-state index in [0.29, 0.717) is 25.3 Å². The SMILES string of the molecule is CC1COCCN1S(=O)(=O)c1ccc(C(=O)N2CCCC2)cc1. The van der Waals surface area contributed by atoms with E-state index in [4.69, 9.17) is 4.74 Å². The lowest BCUT2D eigenvalue weighted by Gasteiger charge is -2.32. The van der Waals surface area contributed by atoms with E-state index in [1.54, 1.807) is 12.1 Å². The lowest BCUT2D eigenvalue weighted by Crippen LogP contribution is -2.46. The van der Waals surface area contributed by atoms with Crippen molar-refractivity contribution in [1.29, 1.82) is 0 Å². The Bertz CT molecular complexity index is 666. The Morgan fingerprint density at radius 1 is 1.13 bits per heavy atom. The summed E-state index contributed by atoms with van der Waals surface area (Å²) in [4.78, 5) is 14.4. The normalized spacial score (nSPS) is 23.2. The van der Waals surface area contributed by atoms with Gasteiger partial charge in [-0.1, -0.05) is 0 Å². The van der Waals surface area contributed by atoms with Crippen molar-refractivity contribution in [2.45, 2.75) is 30.7 Å². The van der Waals surface area contributed by atoms with Crippen molar-refractivity contribution in [3.05, 3.63) is 29.8 Å². The van der Waals surface area contributed by atoms with Crippen LogP contribution in [-0.4, -0.2) is 62.4 Å². The standard InChI is InChI=1S/C16H22N2O4S/c1-13-12-22-11-10-18(13)23(20,21)15-6-4-14(5-7-15)16(19)17-8-2-3-9-17/h4-7,13H,2-3,8-12H2,1H3. The Morgan fingerprint density at radius 3 is 2.39 bits per heavy atom. The van der Waals surface area contributed by atoms with Gasteiger partial charge >= 0.3 is 0 Å². The third kappa shape index (κ3) is 3.27. The second kappa shape index (κ2) is 6.59. The molecular weight excluding hydrogens is 316 g/mol. The number of hydrogen-bond acceptors (Lipinski definition) is 4. The van der Waals surface area contributed by atoms with Gasteiger partial charge in [-0.15, -0.1) is 0 Å². The number of morpholine rings is 1. The monoisotopic (exact) mass is 338 g/mol. The van der Waals surface area contributed by atoms with Gasteiger partial charge in [0.05, 0.1) is 18.1 Å². The highest BCUT2D eigenvalue weighted by Crippen LogP contribution is 2.21. The lowest BCUT2D eigenvalue weighted by atomic mass is 10.2. The van der Waals surface area contributed by atoms with Crippen molar-refractivity contribution in [2.75, 3.05) is 32.8 Å². The van der Waals surface area contributed by atoms with E-state index in [9.17, 15) is 13.2 Å². The number of hydrogen-bond donors (Lipinski definition) is 0. The minimum atomic E-state index is -3.54. The van der Waals surface area contributed by atoms with E-state index in [-0.39, 0.29) is 16.8 Å². The van der Waals surface area contributed by atoms with Gasteiger partial charge in [-0.2, -0.15) is 4.31 Å². The molecule has 2 fully saturated rings. The second-order valence-electron chi connectivity index (χ2n) is 6.06. The van der Waals surface area contributed by atoms with Gasteiger partial charge in [0, 0.05) is 31.2 Å². The minimum absolute atomic E-state index is 0.0220. The van der Waals surface area contributed by atoms with Gasteiger partial charge in [0.25, 0.3) is 5.91 Å². The van der Waals surface area contributed by atoms with Gasteiger partial charge in [0.15, 0.2) is 0 Å².